The number of aliphatic carboxylic acids is 1. The molecule has 0 aromatic rings. The monoisotopic (exact) mass is 1090 g/mol. The molecule has 3 rings (SSSR count). The van der Waals surface area contributed by atoms with Crippen LogP contribution in [0.5, 0.6) is 0 Å². The molecule has 336 valence electrons. The normalized spacial score (nSPS) is 18.4. The van der Waals surface area contributed by atoms with Gasteiger partial charge in [-0.15, -0.1) is 21.2 Å². The minimum absolute atomic E-state index is 0. The van der Waals surface area contributed by atoms with Crippen molar-refractivity contribution in [3.63, 3.8) is 0 Å². The third-order valence-electron chi connectivity index (χ3n) is 7.40. The quantitative estimate of drug-likeness (QED) is 0.160. The molecule has 0 aliphatic carbocycles. The predicted molar refractivity (Wildman–Crippen MR) is 229 cm³/mol. The summed E-state index contributed by atoms with van der Waals surface area (Å²) in [7, 11) is 2.95. The number of hydrogen-bond acceptors (Lipinski definition) is 13. The first kappa shape index (κ1) is 87.7. The van der Waals surface area contributed by atoms with Gasteiger partial charge in [0.1, 0.15) is 21.6 Å². The number of hydrogen-bond donors (Lipinski definition) is 1. The number of rotatable bonds is 4. The van der Waals surface area contributed by atoms with Gasteiger partial charge in [-0.2, -0.15) is 0 Å². The molecule has 61 heavy (non-hydrogen) atoms. The van der Waals surface area contributed by atoms with Crippen LogP contribution >= 0.6 is 11.8 Å². The zero-order valence-corrected chi connectivity index (χ0v) is 61.2. The second kappa shape index (κ2) is 43.4. The molecular weight excluding hydrogens is 1010 g/mol. The summed E-state index contributed by atoms with van der Waals surface area (Å²) in [4.78, 5) is 73.4. The van der Waals surface area contributed by atoms with Gasteiger partial charge in [-0.05, 0) is 100 Å². The van der Waals surface area contributed by atoms with Crippen molar-refractivity contribution < 1.29 is 374 Å². The van der Waals surface area contributed by atoms with Gasteiger partial charge in [0.25, 0.3) is 0 Å². The number of carbonyl (C=O) groups is 6. The molecule has 24 heteroatoms. The molecule has 0 saturated carbocycles. The van der Waals surface area contributed by atoms with E-state index in [0.29, 0.717) is 52.0 Å². The minimum atomic E-state index is -0.846. The van der Waals surface area contributed by atoms with E-state index in [1.54, 1.807) is 30.6 Å². The van der Waals surface area contributed by atoms with E-state index in [9.17, 15) is 28.8 Å². The molecule has 3 atom stereocenters. The molecule has 3 heterocycles. The molecule has 3 unspecified atom stereocenters. The summed E-state index contributed by atoms with van der Waals surface area (Å²) >= 11 is 6.08. The van der Waals surface area contributed by atoms with Crippen LogP contribution in [0.25, 0.3) is 0 Å². The third kappa shape index (κ3) is 40.1. The van der Waals surface area contributed by atoms with Gasteiger partial charge in [-0.1, -0.05) is 26.0 Å². The third-order valence-corrected chi connectivity index (χ3v) is 8.68. The van der Waals surface area contributed by atoms with E-state index < -0.39 is 39.5 Å². The molecule has 0 spiro atoms. The van der Waals surface area contributed by atoms with Crippen molar-refractivity contribution in [2.24, 2.45) is 11.8 Å². The summed E-state index contributed by atoms with van der Waals surface area (Å²) in [5.74, 6) is -2.04. The van der Waals surface area contributed by atoms with E-state index in [1.807, 2.05) is 60.3 Å². The van der Waals surface area contributed by atoms with E-state index >= 15 is 0 Å². The number of methoxy groups -OCH3 is 2. The Kier molecular flexibility index (Phi) is 62.3. The summed E-state index contributed by atoms with van der Waals surface area (Å²) in [5.41, 5.74) is -1.55. The molecule has 0 bridgehead atoms. The number of nitrogens with zero attached hydrogens (tertiary/aromatic N) is 3. The molecule has 3 aliphatic heterocycles. The molecule has 3 saturated heterocycles. The zero-order chi connectivity index (χ0) is 41.5. The maximum absolute atomic E-state index is 11.9. The van der Waals surface area contributed by atoms with E-state index in [0.717, 1.165) is 0 Å². The minimum Gasteiger partial charge on any atom is -1.00 e. The molecule has 15 nitrogen and oxygen atoms in total. The molecular formula is C37H77K6N3O12S3. The van der Waals surface area contributed by atoms with Crippen LogP contribution in [-0.4, -0.2) is 150 Å². The second-order valence-corrected chi connectivity index (χ2v) is 20.4. The van der Waals surface area contributed by atoms with Crippen LogP contribution in [0.1, 0.15) is 105 Å². The fraction of sp³-hybridized carbons (Fsp3) is 0.838. The molecule has 0 aromatic carbocycles. The van der Waals surface area contributed by atoms with E-state index in [2.05, 4.69) is 15.9 Å². The standard InChI is InChI=1S/C12H21NO4S.C11H19NO4.C10H17NO4.C2H6S2.2CH4.6K.6H/c1-11(2,3)17-10(15)13-7-6-12(8-13,18-5)9(14)16-4;1-11(2,3)16-10(14)12-6-5-8(7-12)9(13)15-4;1-10(2,3)15-9(14)11-5-4-7(6-11)8(12)13;1-4(2)3;;;;;;;;;;;;;;/h6-8H2,1-5H3;8H,5-7H2,1-4H3;7H,4-6H2,1-3H3,(H,12,13);1-2H3;2*1H4;;;;;;;;;;;;/q;;;;;;6*+1;6*-1. The van der Waals surface area contributed by atoms with E-state index in [-0.39, 0.29) is 378 Å². The van der Waals surface area contributed by atoms with Crippen LogP contribution in [-0.2, 0) is 58.7 Å². The Hall–Kier alpha value is 6.96. The Balaban J connectivity index is -0.0000000407. The molecule has 3 aliphatic rings. The fourth-order valence-electron chi connectivity index (χ4n) is 4.93. The number of likely N-dealkylation sites (tertiary alicyclic amines) is 3. The largest absolute Gasteiger partial charge is 1.00 e. The Morgan fingerprint density at radius 3 is 1.26 bits per heavy atom. The van der Waals surface area contributed by atoms with Gasteiger partial charge in [0.2, 0.25) is 0 Å². The topological polar surface area (TPSA) is 179 Å². The average molecular weight is 1090 g/mol. The van der Waals surface area contributed by atoms with Crippen LogP contribution in [0.3, 0.4) is 0 Å². The Bertz CT molecular complexity index is 1330. The number of carbonyl (C=O) groups excluding carboxylic acids is 5. The first-order valence-corrected chi connectivity index (χ1v) is 21.4. The van der Waals surface area contributed by atoms with Gasteiger partial charge in [-0.25, -0.2) is 14.4 Å². The van der Waals surface area contributed by atoms with Crippen LogP contribution in [0.15, 0.2) is 0 Å². The van der Waals surface area contributed by atoms with Gasteiger partial charge < -0.3 is 52.1 Å². The van der Waals surface area contributed by atoms with Crippen molar-refractivity contribution in [2.75, 3.05) is 72.3 Å². The Morgan fingerprint density at radius 2 is 0.984 bits per heavy atom. The van der Waals surface area contributed by atoms with Crippen molar-refractivity contribution in [1.82, 2.24) is 14.7 Å². The molecule has 3 amide bonds. The van der Waals surface area contributed by atoms with Gasteiger partial charge >= 0.3 is 344 Å². The molecule has 3 fully saturated rings. The van der Waals surface area contributed by atoms with Crippen LogP contribution < -0.4 is 308 Å². The maximum atomic E-state index is 11.9. The maximum Gasteiger partial charge on any atom is 1.00 e. The second-order valence-electron chi connectivity index (χ2n) is 15.8. The van der Waals surface area contributed by atoms with Gasteiger partial charge in [-0.3, -0.25) is 14.4 Å². The number of carboxylic acids is 1. The van der Waals surface area contributed by atoms with Crippen molar-refractivity contribution >= 4 is 68.6 Å². The van der Waals surface area contributed by atoms with Crippen molar-refractivity contribution in [3.8, 4) is 0 Å². The number of ether oxygens (including phenoxy) is 5. The Labute approximate surface area is 644 Å². The fourth-order valence-corrected chi connectivity index (χ4v) is 5.76. The summed E-state index contributed by atoms with van der Waals surface area (Å²) in [6.07, 6.45) is 6.47. The van der Waals surface area contributed by atoms with Crippen LogP contribution in [0, 0.1) is 11.8 Å². The number of carboxylic acid groups (broad SMARTS) is 1. The Morgan fingerprint density at radius 1 is 0.656 bits per heavy atom. The van der Waals surface area contributed by atoms with Crippen LogP contribution in [0.4, 0.5) is 14.4 Å². The number of thioether (sulfide) groups is 1. The smallest absolute Gasteiger partial charge is 1.00 e. The van der Waals surface area contributed by atoms with Gasteiger partial charge in [0, 0.05) is 39.3 Å². The van der Waals surface area contributed by atoms with E-state index in [4.69, 9.17) is 24.1 Å². The first-order valence-electron chi connectivity index (χ1n) is 17.2. The first-order chi connectivity index (χ1) is 24.1. The molecule has 1 N–H and O–H groups in total. The van der Waals surface area contributed by atoms with Gasteiger partial charge in [0.15, 0.2) is 0 Å². The van der Waals surface area contributed by atoms with Gasteiger partial charge in [0.05, 0.1) is 26.1 Å². The van der Waals surface area contributed by atoms with Crippen molar-refractivity contribution in [2.45, 2.75) is 118 Å². The number of amides is 3. The summed E-state index contributed by atoms with van der Waals surface area (Å²) in [6, 6.07) is 0. The summed E-state index contributed by atoms with van der Waals surface area (Å²) in [6.45, 7) is 18.8. The molecule has 0 radical (unpaired) electrons. The number of esters is 2. The predicted octanol–water partition coefficient (Wildman–Crippen LogP) is -11.1. The van der Waals surface area contributed by atoms with Crippen LogP contribution in [0.2, 0.25) is 0 Å². The average Bonchev–Trinajstić information content (AvgIpc) is 3.79. The van der Waals surface area contributed by atoms with Crippen molar-refractivity contribution in [3.05, 3.63) is 0 Å². The molecule has 0 aromatic heterocycles. The summed E-state index contributed by atoms with van der Waals surface area (Å²) < 4.78 is 24.5. The summed E-state index contributed by atoms with van der Waals surface area (Å²) in [5, 5.41) is 8.77. The SMILES string of the molecule is C.C.CC(C)(C)OC(=O)N1CCC(C(=O)O)C1.COC(=O)C1(SC)CCN(C(=O)OC(C)(C)C)C1.COC(=O)C1CCN(C(=O)OC(C)(C)C)C1.CS(C)=S.[H-].[H-].[H-].[H-].[H-].[H-].[K+].[K+].[K+].[K+].[K+].[K+]. The zero-order valence-electron chi connectivity index (χ0n) is 46.0. The van der Waals surface area contributed by atoms with E-state index in [1.165, 1.54) is 30.9 Å². The van der Waals surface area contributed by atoms with Crippen molar-refractivity contribution in [1.29, 1.82) is 0 Å².